The molecule has 3 N–H and O–H groups in total. The van der Waals surface area contributed by atoms with Gasteiger partial charge >= 0.3 is 0 Å². The van der Waals surface area contributed by atoms with Crippen molar-refractivity contribution in [3.63, 3.8) is 0 Å². The van der Waals surface area contributed by atoms with Crippen molar-refractivity contribution < 1.29 is 48.0 Å². The van der Waals surface area contributed by atoms with Gasteiger partial charge in [-0.25, -0.2) is 0 Å². The molecule has 0 spiro atoms. The molecular formula is C33H37N3O10. The maximum Gasteiger partial charge on any atom is 0.290 e. The highest BCUT2D eigenvalue weighted by atomic mass is 16.5. The molecule has 3 aromatic rings. The molecule has 1 fully saturated rings. The molecule has 0 bridgehead atoms. The largest absolute Gasteiger partial charge is 0.493 e. The summed E-state index contributed by atoms with van der Waals surface area (Å²) < 4.78 is 28.8. The quantitative estimate of drug-likeness (QED) is 0.261. The summed E-state index contributed by atoms with van der Waals surface area (Å²) >= 11 is 0. The lowest BCUT2D eigenvalue weighted by atomic mass is 9.77. The average Bonchev–Trinajstić information content (AvgIpc) is 3.71. The Morgan fingerprint density at radius 3 is 2.63 bits per heavy atom. The molecule has 2 amide bonds. The first-order chi connectivity index (χ1) is 22.4. The smallest absolute Gasteiger partial charge is 0.290 e. The predicted molar refractivity (Wildman–Crippen MR) is 165 cm³/mol. The monoisotopic (exact) mass is 635 g/mol. The number of para-hydroxylation sites is 1. The summed E-state index contributed by atoms with van der Waals surface area (Å²) in [6.45, 7) is 2.89. The summed E-state index contributed by atoms with van der Waals surface area (Å²) in [4.78, 5) is 43.4. The highest BCUT2D eigenvalue weighted by molar-refractivity contribution is 5.99. The molecule has 4 unspecified atom stereocenters. The molecule has 1 saturated heterocycles. The van der Waals surface area contributed by atoms with Crippen LogP contribution in [0.1, 0.15) is 32.4 Å². The Labute approximate surface area is 265 Å². The summed E-state index contributed by atoms with van der Waals surface area (Å²) in [5, 5.41) is 24.8. The number of carbonyl (C=O) groups excluding carboxylic acids is 3. The van der Waals surface area contributed by atoms with Gasteiger partial charge in [-0.15, -0.1) is 0 Å². The number of carbonyl (C=O) groups is 3. The maximum absolute atomic E-state index is 14.3. The number of benzene rings is 2. The molecule has 13 heteroatoms. The van der Waals surface area contributed by atoms with Crippen molar-refractivity contribution in [1.29, 1.82) is 0 Å². The second-order valence-corrected chi connectivity index (χ2v) is 11.3. The van der Waals surface area contributed by atoms with Gasteiger partial charge < -0.3 is 43.8 Å². The topological polar surface area (TPSA) is 160 Å². The van der Waals surface area contributed by atoms with Gasteiger partial charge in [0.15, 0.2) is 28.6 Å². The Bertz CT molecular complexity index is 1650. The van der Waals surface area contributed by atoms with Crippen LogP contribution in [0, 0.1) is 0 Å². The van der Waals surface area contributed by atoms with Crippen LogP contribution < -0.4 is 19.5 Å². The number of rotatable bonds is 11. The van der Waals surface area contributed by atoms with Crippen LogP contribution in [0.15, 0.2) is 52.5 Å². The Kier molecular flexibility index (Phi) is 9.27. The molecule has 1 aromatic heterocycles. The van der Waals surface area contributed by atoms with E-state index >= 15 is 0 Å². The Hall–Kier alpha value is -4.43. The third-order valence-electron chi connectivity index (χ3n) is 8.73. The Morgan fingerprint density at radius 1 is 1.13 bits per heavy atom. The van der Waals surface area contributed by atoms with Gasteiger partial charge in [0, 0.05) is 54.8 Å². The molecule has 2 aromatic carbocycles. The maximum atomic E-state index is 14.3. The lowest BCUT2D eigenvalue weighted by molar-refractivity contribution is -0.118. The average molecular weight is 636 g/mol. The minimum Gasteiger partial charge on any atom is -0.493 e. The van der Waals surface area contributed by atoms with Crippen molar-refractivity contribution in [2.75, 3.05) is 66.8 Å². The third-order valence-corrected chi connectivity index (χ3v) is 8.73. The van der Waals surface area contributed by atoms with Crippen LogP contribution in [-0.2, 0) is 9.53 Å². The zero-order valence-corrected chi connectivity index (χ0v) is 25.6. The summed E-state index contributed by atoms with van der Waals surface area (Å²) in [5.41, 5.74) is 1.46. The summed E-state index contributed by atoms with van der Waals surface area (Å²) in [6, 6.07) is 9.10. The molecule has 3 aliphatic rings. The minimum absolute atomic E-state index is 0.00726. The standard InChI is InChI=1S/C33H37N3O10/c1-42-24-5-3-4-20-16-26(45-29(20)24)33(41)36(8-7-35-9-12-44-13-10-35)23-17-22(32(40)34-6-11-37)27-21-14-19(18-38)15-25(43-2)30(21)46-31(27)28(23)39/h3-5,14-18,23,27-28,31,37,39H,6-13H2,1-2H3,(H,34,40). The Morgan fingerprint density at radius 2 is 1.91 bits per heavy atom. The number of methoxy groups -OCH3 is 2. The number of morpholine rings is 1. The number of amides is 2. The molecule has 0 radical (unpaired) electrons. The van der Waals surface area contributed by atoms with E-state index in [1.165, 1.54) is 25.2 Å². The molecular weight excluding hydrogens is 598 g/mol. The number of nitrogens with zero attached hydrogens (tertiary/aromatic N) is 2. The number of aliphatic hydroxyl groups is 2. The summed E-state index contributed by atoms with van der Waals surface area (Å²) in [5.74, 6) is -0.661. The number of hydrogen-bond acceptors (Lipinski definition) is 11. The van der Waals surface area contributed by atoms with Gasteiger partial charge in [0.25, 0.3) is 5.91 Å². The zero-order valence-electron chi connectivity index (χ0n) is 25.6. The van der Waals surface area contributed by atoms with Crippen LogP contribution in [0.25, 0.3) is 11.0 Å². The summed E-state index contributed by atoms with van der Waals surface area (Å²) in [7, 11) is 2.96. The van der Waals surface area contributed by atoms with Gasteiger partial charge in [0.05, 0.1) is 46.0 Å². The first kappa shape index (κ1) is 31.5. The number of nitrogens with one attached hydrogen (secondary N) is 1. The fourth-order valence-electron chi connectivity index (χ4n) is 6.46. The first-order valence-electron chi connectivity index (χ1n) is 15.2. The molecule has 4 atom stereocenters. The van der Waals surface area contributed by atoms with Crippen molar-refractivity contribution in [1.82, 2.24) is 15.1 Å². The molecule has 13 nitrogen and oxygen atoms in total. The van der Waals surface area contributed by atoms with Crippen LogP contribution in [0.3, 0.4) is 0 Å². The number of fused-ring (bicyclic) bond motifs is 4. The highest BCUT2D eigenvalue weighted by Crippen LogP contribution is 2.51. The van der Waals surface area contributed by atoms with Crippen molar-refractivity contribution in [3.05, 3.63) is 64.9 Å². The second-order valence-electron chi connectivity index (χ2n) is 11.3. The fourth-order valence-corrected chi connectivity index (χ4v) is 6.46. The van der Waals surface area contributed by atoms with Crippen molar-refractivity contribution in [2.24, 2.45) is 0 Å². The van der Waals surface area contributed by atoms with Crippen molar-refractivity contribution in [2.45, 2.75) is 24.2 Å². The van der Waals surface area contributed by atoms with Crippen LogP contribution in [-0.4, -0.2) is 123 Å². The van der Waals surface area contributed by atoms with Crippen LogP contribution in [0.4, 0.5) is 0 Å². The van der Waals surface area contributed by atoms with E-state index in [0.717, 1.165) is 0 Å². The lowest BCUT2D eigenvalue weighted by Crippen LogP contribution is -2.57. The third kappa shape index (κ3) is 5.82. The molecule has 6 rings (SSSR count). The van der Waals surface area contributed by atoms with E-state index in [0.29, 0.717) is 72.7 Å². The Balaban J connectivity index is 1.43. The van der Waals surface area contributed by atoms with Gasteiger partial charge in [-0.2, -0.15) is 0 Å². The van der Waals surface area contributed by atoms with Crippen LogP contribution >= 0.6 is 0 Å². The van der Waals surface area contributed by atoms with Gasteiger partial charge in [-0.1, -0.05) is 12.1 Å². The van der Waals surface area contributed by atoms with Gasteiger partial charge in [0.1, 0.15) is 18.5 Å². The molecule has 46 heavy (non-hydrogen) atoms. The molecule has 0 saturated carbocycles. The normalized spacial score (nSPS) is 22.3. The number of ether oxygens (including phenoxy) is 4. The molecule has 2 aliphatic heterocycles. The van der Waals surface area contributed by atoms with Gasteiger partial charge in [-0.05, 0) is 30.3 Å². The fraction of sp³-hybridized carbons (Fsp3) is 0.424. The van der Waals surface area contributed by atoms with Gasteiger partial charge in [0.2, 0.25) is 5.91 Å². The minimum atomic E-state index is -1.29. The lowest BCUT2D eigenvalue weighted by Gasteiger charge is -2.41. The van der Waals surface area contributed by atoms with Crippen LogP contribution in [0.5, 0.6) is 17.2 Å². The number of hydrogen-bond donors (Lipinski definition) is 3. The highest BCUT2D eigenvalue weighted by Gasteiger charge is 2.51. The van der Waals surface area contributed by atoms with Crippen LogP contribution in [0.2, 0.25) is 0 Å². The van der Waals surface area contributed by atoms with E-state index < -0.39 is 36.0 Å². The molecule has 1 aliphatic carbocycles. The molecule has 3 heterocycles. The SMILES string of the molecule is COc1cc(C=O)cc2c1OC1C2C(C(=O)NCCO)=CC(N(CCN2CCOCC2)C(=O)c2cc3cccc(OC)c3o2)C1O. The van der Waals surface area contributed by atoms with E-state index in [2.05, 4.69) is 10.2 Å². The summed E-state index contributed by atoms with van der Waals surface area (Å²) in [6.07, 6.45) is -0.0342. The number of aldehydes is 1. The zero-order chi connectivity index (χ0) is 32.4. The van der Waals surface area contributed by atoms with E-state index in [-0.39, 0.29) is 36.8 Å². The first-order valence-corrected chi connectivity index (χ1v) is 15.2. The van der Waals surface area contributed by atoms with Gasteiger partial charge in [-0.3, -0.25) is 19.3 Å². The number of furan rings is 1. The second kappa shape index (κ2) is 13.5. The van der Waals surface area contributed by atoms with E-state index in [1.807, 2.05) is 6.07 Å². The van der Waals surface area contributed by atoms with Crippen molar-refractivity contribution >= 4 is 29.1 Å². The predicted octanol–water partition coefficient (Wildman–Crippen LogP) is 1.36. The molecule has 244 valence electrons. The van der Waals surface area contributed by atoms with E-state index in [1.54, 1.807) is 30.3 Å². The van der Waals surface area contributed by atoms with E-state index in [4.69, 9.17) is 23.4 Å². The number of aliphatic hydroxyl groups excluding tert-OH is 2. The van der Waals surface area contributed by atoms with Crippen molar-refractivity contribution in [3.8, 4) is 17.2 Å². The van der Waals surface area contributed by atoms with E-state index in [9.17, 15) is 24.6 Å².